The van der Waals surface area contributed by atoms with E-state index in [1.54, 1.807) is 0 Å². The van der Waals surface area contributed by atoms with E-state index < -0.39 is 0 Å². The van der Waals surface area contributed by atoms with Crippen molar-refractivity contribution in [2.45, 2.75) is 33.4 Å². The van der Waals surface area contributed by atoms with Crippen molar-refractivity contribution in [3.05, 3.63) is 53.9 Å². The molecule has 2 aromatic rings. The van der Waals surface area contributed by atoms with Crippen LogP contribution in [0.4, 0.5) is 0 Å². The molecule has 0 aliphatic heterocycles. The minimum absolute atomic E-state index is 0.511. The molecule has 1 aromatic heterocycles. The van der Waals surface area contributed by atoms with Gasteiger partial charge in [-0.2, -0.15) is 0 Å². The number of benzene rings is 1. The van der Waals surface area contributed by atoms with Crippen LogP contribution in [0.2, 0.25) is 0 Å². The van der Waals surface area contributed by atoms with Crippen molar-refractivity contribution in [3.63, 3.8) is 0 Å². The van der Waals surface area contributed by atoms with Gasteiger partial charge in [0.05, 0.1) is 0 Å². The van der Waals surface area contributed by atoms with Gasteiger partial charge in [0.25, 0.3) is 0 Å². The Labute approximate surface area is 109 Å². The zero-order chi connectivity index (χ0) is 13.0. The normalized spacial score (nSPS) is 10.9. The van der Waals surface area contributed by atoms with Gasteiger partial charge in [-0.05, 0) is 41.8 Å². The highest BCUT2D eigenvalue weighted by Gasteiger charge is 2.01. The molecule has 0 unspecified atom stereocenters. The maximum atomic E-state index is 4.23. The van der Waals surface area contributed by atoms with Crippen LogP contribution >= 0.6 is 0 Å². The molecule has 0 aliphatic carbocycles. The van der Waals surface area contributed by atoms with E-state index in [1.807, 2.05) is 13.1 Å². The van der Waals surface area contributed by atoms with E-state index in [2.05, 4.69) is 60.5 Å². The summed E-state index contributed by atoms with van der Waals surface area (Å²) in [6.07, 6.45) is 1.86. The van der Waals surface area contributed by atoms with E-state index in [0.29, 0.717) is 6.04 Å². The molecule has 0 spiro atoms. The lowest BCUT2D eigenvalue weighted by atomic mass is 10.0. The third-order valence-corrected chi connectivity index (χ3v) is 2.87. The Bertz CT molecular complexity index is 518. The van der Waals surface area contributed by atoms with E-state index in [9.17, 15) is 0 Å². The van der Waals surface area contributed by atoms with E-state index in [1.165, 1.54) is 16.7 Å². The molecule has 0 fully saturated rings. The van der Waals surface area contributed by atoms with E-state index >= 15 is 0 Å². The van der Waals surface area contributed by atoms with Crippen LogP contribution < -0.4 is 5.32 Å². The van der Waals surface area contributed by atoms with Crippen molar-refractivity contribution in [1.29, 1.82) is 0 Å². The number of nitrogens with one attached hydrogen (secondary N) is 1. The molecule has 0 amide bonds. The van der Waals surface area contributed by atoms with Crippen LogP contribution in [0.15, 0.2) is 42.6 Å². The second-order valence-corrected chi connectivity index (χ2v) is 4.92. The molecule has 0 radical (unpaired) electrons. The maximum Gasteiger partial charge on any atom is 0.0378 e. The van der Waals surface area contributed by atoms with E-state index in [0.717, 1.165) is 12.2 Å². The molecular weight excluding hydrogens is 220 g/mol. The number of rotatable bonds is 4. The lowest BCUT2D eigenvalue weighted by molar-refractivity contribution is 0.589. The van der Waals surface area contributed by atoms with Crippen LogP contribution in [0.5, 0.6) is 0 Å². The Morgan fingerprint density at radius 3 is 2.61 bits per heavy atom. The summed E-state index contributed by atoms with van der Waals surface area (Å²) in [5, 5.41) is 3.44. The molecule has 0 bridgehead atoms. The molecule has 2 nitrogen and oxygen atoms in total. The van der Waals surface area contributed by atoms with Gasteiger partial charge in [0, 0.05) is 24.5 Å². The predicted octanol–water partition coefficient (Wildman–Crippen LogP) is 3.56. The molecule has 2 heteroatoms. The summed E-state index contributed by atoms with van der Waals surface area (Å²) < 4.78 is 0. The smallest absolute Gasteiger partial charge is 0.0378 e. The Balaban J connectivity index is 2.21. The zero-order valence-corrected chi connectivity index (χ0v) is 11.3. The number of hydrogen-bond donors (Lipinski definition) is 1. The first kappa shape index (κ1) is 12.8. The van der Waals surface area contributed by atoms with Gasteiger partial charge in [0.15, 0.2) is 0 Å². The third kappa shape index (κ3) is 3.41. The molecule has 1 aromatic carbocycles. The van der Waals surface area contributed by atoms with E-state index in [4.69, 9.17) is 0 Å². The Kier molecular flexibility index (Phi) is 4.11. The van der Waals surface area contributed by atoms with Gasteiger partial charge in [0.1, 0.15) is 0 Å². The van der Waals surface area contributed by atoms with Crippen LogP contribution in [0, 0.1) is 6.92 Å². The zero-order valence-electron chi connectivity index (χ0n) is 11.3. The number of hydrogen-bond acceptors (Lipinski definition) is 2. The average Bonchev–Trinajstić information content (AvgIpc) is 2.37. The van der Waals surface area contributed by atoms with Crippen molar-refractivity contribution in [2.75, 3.05) is 0 Å². The molecule has 0 saturated heterocycles. The summed E-state index contributed by atoms with van der Waals surface area (Å²) >= 11 is 0. The highest BCUT2D eigenvalue weighted by Crippen LogP contribution is 2.20. The number of aromatic nitrogens is 1. The topological polar surface area (TPSA) is 24.9 Å². The number of nitrogens with zero attached hydrogens (tertiary/aromatic N) is 1. The second-order valence-electron chi connectivity index (χ2n) is 4.92. The summed E-state index contributed by atoms with van der Waals surface area (Å²) in [4.78, 5) is 4.23. The van der Waals surface area contributed by atoms with Gasteiger partial charge >= 0.3 is 0 Å². The highest BCUT2D eigenvalue weighted by molar-refractivity contribution is 5.64. The summed E-state index contributed by atoms with van der Waals surface area (Å²) in [6, 6.07) is 13.3. The summed E-state index contributed by atoms with van der Waals surface area (Å²) in [5.74, 6) is 0. The SMILES string of the molecule is Cc1cc(-c2cccc(CNC(C)C)c2)ccn1. The Hall–Kier alpha value is -1.67. The summed E-state index contributed by atoms with van der Waals surface area (Å²) in [5.41, 5.74) is 4.85. The molecule has 1 heterocycles. The first-order valence-corrected chi connectivity index (χ1v) is 6.40. The van der Waals surface area contributed by atoms with Gasteiger partial charge in [-0.3, -0.25) is 4.98 Å². The molecule has 94 valence electrons. The molecule has 0 atom stereocenters. The van der Waals surface area contributed by atoms with Crippen molar-refractivity contribution >= 4 is 0 Å². The van der Waals surface area contributed by atoms with Crippen LogP contribution in [-0.2, 0) is 6.54 Å². The molecule has 0 aliphatic rings. The summed E-state index contributed by atoms with van der Waals surface area (Å²) in [7, 11) is 0. The lowest BCUT2D eigenvalue weighted by Gasteiger charge is -2.09. The standard InChI is InChI=1S/C16H20N2/c1-12(2)18-11-14-5-4-6-15(10-14)16-7-8-17-13(3)9-16/h4-10,12,18H,11H2,1-3H3. The van der Waals surface area contributed by atoms with Gasteiger partial charge in [0.2, 0.25) is 0 Å². The maximum absolute atomic E-state index is 4.23. The van der Waals surface area contributed by atoms with Crippen molar-refractivity contribution in [1.82, 2.24) is 10.3 Å². The van der Waals surface area contributed by atoms with Gasteiger partial charge in [-0.15, -0.1) is 0 Å². The Morgan fingerprint density at radius 1 is 1.11 bits per heavy atom. The fourth-order valence-corrected chi connectivity index (χ4v) is 1.91. The molecule has 1 N–H and O–H groups in total. The van der Waals surface area contributed by atoms with Crippen molar-refractivity contribution in [3.8, 4) is 11.1 Å². The average molecular weight is 240 g/mol. The van der Waals surface area contributed by atoms with Crippen LogP contribution in [-0.4, -0.2) is 11.0 Å². The first-order chi connectivity index (χ1) is 8.65. The lowest BCUT2D eigenvalue weighted by Crippen LogP contribution is -2.21. The van der Waals surface area contributed by atoms with Crippen LogP contribution in [0.1, 0.15) is 25.1 Å². The first-order valence-electron chi connectivity index (χ1n) is 6.40. The predicted molar refractivity (Wildman–Crippen MR) is 76.4 cm³/mol. The minimum atomic E-state index is 0.511. The minimum Gasteiger partial charge on any atom is -0.310 e. The largest absolute Gasteiger partial charge is 0.310 e. The monoisotopic (exact) mass is 240 g/mol. The second kappa shape index (κ2) is 5.78. The molecule has 18 heavy (non-hydrogen) atoms. The highest BCUT2D eigenvalue weighted by atomic mass is 14.9. The quantitative estimate of drug-likeness (QED) is 0.884. The number of aryl methyl sites for hydroxylation is 1. The van der Waals surface area contributed by atoms with Gasteiger partial charge < -0.3 is 5.32 Å². The van der Waals surface area contributed by atoms with Crippen molar-refractivity contribution < 1.29 is 0 Å². The molecular formula is C16H20N2. The van der Waals surface area contributed by atoms with Gasteiger partial charge in [-0.25, -0.2) is 0 Å². The molecule has 2 rings (SSSR count). The van der Waals surface area contributed by atoms with Gasteiger partial charge in [-0.1, -0.05) is 32.0 Å². The molecule has 0 saturated carbocycles. The fourth-order valence-electron chi connectivity index (χ4n) is 1.91. The third-order valence-electron chi connectivity index (χ3n) is 2.87. The summed E-state index contributed by atoms with van der Waals surface area (Å²) in [6.45, 7) is 7.26. The number of pyridine rings is 1. The van der Waals surface area contributed by atoms with Crippen LogP contribution in [0.3, 0.4) is 0 Å². The Morgan fingerprint density at radius 2 is 1.89 bits per heavy atom. The van der Waals surface area contributed by atoms with Crippen molar-refractivity contribution in [2.24, 2.45) is 0 Å². The fraction of sp³-hybridized carbons (Fsp3) is 0.312. The van der Waals surface area contributed by atoms with E-state index in [-0.39, 0.29) is 0 Å². The van der Waals surface area contributed by atoms with Crippen LogP contribution in [0.25, 0.3) is 11.1 Å².